The molecule has 1 atom stereocenters. The molecule has 0 spiro atoms. The van der Waals surface area contributed by atoms with Gasteiger partial charge in [-0.1, -0.05) is 106 Å². The van der Waals surface area contributed by atoms with Crippen LogP contribution in [-0.4, -0.2) is 15.0 Å². The van der Waals surface area contributed by atoms with Crippen molar-refractivity contribution in [1.82, 2.24) is 15.0 Å². The molecule has 2 N–H and O–H groups in total. The van der Waals surface area contributed by atoms with E-state index < -0.39 is 5.66 Å². The first kappa shape index (κ1) is 23.2. The number of unbranched alkanes of at least 4 members (excludes halogenated alkanes) is 6. The largest absolute Gasteiger partial charge is 0.299 e. The van der Waals surface area contributed by atoms with Crippen molar-refractivity contribution in [2.45, 2.75) is 83.7 Å². The molecule has 1 heterocycles. The molecule has 0 radical (unpaired) electrons. The van der Waals surface area contributed by atoms with Gasteiger partial charge in [0.1, 0.15) is 0 Å². The van der Waals surface area contributed by atoms with Gasteiger partial charge in [0.25, 0.3) is 0 Å². The summed E-state index contributed by atoms with van der Waals surface area (Å²) in [5.74, 6) is 0. The molecule has 0 aliphatic carbocycles. The second-order valence-corrected chi connectivity index (χ2v) is 8.63. The summed E-state index contributed by atoms with van der Waals surface area (Å²) >= 11 is 0. The molecule has 3 rings (SSSR count). The predicted octanol–water partition coefficient (Wildman–Crippen LogP) is 6.23. The lowest BCUT2D eigenvalue weighted by molar-refractivity contribution is 0.391. The van der Waals surface area contributed by atoms with E-state index in [1.54, 1.807) is 10.9 Å². The normalized spacial score (nSPS) is 13.3. The van der Waals surface area contributed by atoms with Gasteiger partial charge in [-0.2, -0.15) is 0 Å². The smallest absolute Gasteiger partial charge is 0.163 e. The number of hydrogen-bond donors (Lipinski definition) is 1. The summed E-state index contributed by atoms with van der Waals surface area (Å²) < 4.78 is 1.76. The Bertz CT molecular complexity index is 869. The van der Waals surface area contributed by atoms with Crippen LogP contribution in [0.2, 0.25) is 0 Å². The summed E-state index contributed by atoms with van der Waals surface area (Å²) in [6.07, 6.45) is 16.1. The zero-order chi connectivity index (χ0) is 21.9. The van der Waals surface area contributed by atoms with Gasteiger partial charge in [-0.25, -0.2) is 4.68 Å². The van der Waals surface area contributed by atoms with Crippen molar-refractivity contribution in [2.75, 3.05) is 0 Å². The molecule has 166 valence electrons. The fraction of sp³-hybridized carbons (Fsp3) is 0.481. The number of aromatic nitrogens is 3. The van der Waals surface area contributed by atoms with E-state index in [0.29, 0.717) is 0 Å². The molecule has 4 nitrogen and oxygen atoms in total. The van der Waals surface area contributed by atoms with Crippen molar-refractivity contribution in [3.63, 3.8) is 0 Å². The molecule has 0 fully saturated rings. The molecular formula is C27H38N4. The highest BCUT2D eigenvalue weighted by Crippen LogP contribution is 2.29. The molecule has 0 bridgehead atoms. The lowest BCUT2D eigenvalue weighted by Gasteiger charge is -2.31. The van der Waals surface area contributed by atoms with Gasteiger partial charge in [0.15, 0.2) is 5.66 Å². The fourth-order valence-corrected chi connectivity index (χ4v) is 4.17. The number of hydrogen-bond acceptors (Lipinski definition) is 3. The number of nitrogens with two attached hydrogens (primary N) is 1. The summed E-state index contributed by atoms with van der Waals surface area (Å²) in [7, 11) is 0. The maximum Gasteiger partial charge on any atom is 0.163 e. The Morgan fingerprint density at radius 1 is 0.710 bits per heavy atom. The van der Waals surface area contributed by atoms with E-state index in [4.69, 9.17) is 5.73 Å². The van der Waals surface area contributed by atoms with Crippen LogP contribution in [0, 0.1) is 0 Å². The average Bonchev–Trinajstić information content (AvgIpc) is 3.36. The molecule has 0 saturated heterocycles. The zero-order valence-corrected chi connectivity index (χ0v) is 19.3. The number of rotatable bonds is 13. The Morgan fingerprint density at radius 2 is 1.23 bits per heavy atom. The topological polar surface area (TPSA) is 56.7 Å². The molecule has 0 aliphatic heterocycles. The highest BCUT2D eigenvalue weighted by Gasteiger charge is 2.32. The van der Waals surface area contributed by atoms with Crippen LogP contribution >= 0.6 is 0 Å². The quantitative estimate of drug-likeness (QED) is 0.335. The number of nitrogens with zero attached hydrogens (tertiary/aromatic N) is 3. The average molecular weight is 419 g/mol. The second-order valence-electron chi connectivity index (χ2n) is 8.63. The first-order valence-electron chi connectivity index (χ1n) is 12.0. The third-order valence-electron chi connectivity index (χ3n) is 6.21. The Kier molecular flexibility index (Phi) is 8.84. The molecule has 1 unspecified atom stereocenters. The van der Waals surface area contributed by atoms with Crippen LogP contribution in [0.4, 0.5) is 0 Å². The standard InChI is InChI=1S/C27H38N4/c1-3-5-7-8-9-10-12-24-15-19-26(20-16-24)27(28,31-22-21-29-30-31)25-17-13-23(14-18-25)11-6-4-2/h13-22H,3-12,28H2,1-2H3. The first-order valence-corrected chi connectivity index (χ1v) is 12.0. The van der Waals surface area contributed by atoms with Crippen molar-refractivity contribution in [1.29, 1.82) is 0 Å². The molecule has 0 aliphatic rings. The van der Waals surface area contributed by atoms with E-state index in [-0.39, 0.29) is 0 Å². The molecular weight excluding hydrogens is 380 g/mol. The maximum absolute atomic E-state index is 7.04. The van der Waals surface area contributed by atoms with Crippen LogP contribution in [0.25, 0.3) is 0 Å². The van der Waals surface area contributed by atoms with Crippen LogP contribution in [0.5, 0.6) is 0 Å². The minimum absolute atomic E-state index is 0.877. The molecule has 0 amide bonds. The van der Waals surface area contributed by atoms with Gasteiger partial charge >= 0.3 is 0 Å². The van der Waals surface area contributed by atoms with E-state index >= 15 is 0 Å². The van der Waals surface area contributed by atoms with Crippen molar-refractivity contribution in [2.24, 2.45) is 5.73 Å². The third-order valence-corrected chi connectivity index (χ3v) is 6.21. The van der Waals surface area contributed by atoms with Gasteiger partial charge in [-0.05, 0) is 47.9 Å². The van der Waals surface area contributed by atoms with Crippen molar-refractivity contribution in [3.8, 4) is 0 Å². The SMILES string of the molecule is CCCCCCCCc1ccc(C(N)(c2ccc(CCCC)cc2)n2ccnn2)cc1. The fourth-order valence-electron chi connectivity index (χ4n) is 4.17. The number of benzene rings is 2. The Morgan fingerprint density at radius 3 is 1.74 bits per heavy atom. The van der Waals surface area contributed by atoms with E-state index in [0.717, 1.165) is 24.0 Å². The summed E-state index contributed by atoms with van der Waals surface area (Å²) in [6, 6.07) is 17.4. The molecule has 1 aromatic heterocycles. The monoisotopic (exact) mass is 418 g/mol. The molecule has 3 aromatic rings. The predicted molar refractivity (Wildman–Crippen MR) is 129 cm³/mol. The summed E-state index contributed by atoms with van der Waals surface area (Å²) in [5.41, 5.74) is 10.9. The van der Waals surface area contributed by atoms with Crippen molar-refractivity contribution < 1.29 is 0 Å². The molecule has 4 heteroatoms. The first-order chi connectivity index (χ1) is 15.2. The zero-order valence-electron chi connectivity index (χ0n) is 19.3. The van der Waals surface area contributed by atoms with E-state index in [9.17, 15) is 0 Å². The summed E-state index contributed by atoms with van der Waals surface area (Å²) in [4.78, 5) is 0. The minimum atomic E-state index is -0.877. The van der Waals surface area contributed by atoms with Gasteiger partial charge in [0, 0.05) is 6.20 Å². The Hall–Kier alpha value is -2.46. The van der Waals surface area contributed by atoms with Gasteiger partial charge < -0.3 is 0 Å². The highest BCUT2D eigenvalue weighted by molar-refractivity contribution is 5.40. The summed E-state index contributed by atoms with van der Waals surface area (Å²) in [5, 5.41) is 8.28. The van der Waals surface area contributed by atoms with Crippen LogP contribution in [0.3, 0.4) is 0 Å². The van der Waals surface area contributed by atoms with Gasteiger partial charge in [0.05, 0.1) is 6.20 Å². The second kappa shape index (κ2) is 11.8. The van der Waals surface area contributed by atoms with Crippen LogP contribution in [0.15, 0.2) is 60.9 Å². The molecule has 0 saturated carbocycles. The van der Waals surface area contributed by atoms with Crippen molar-refractivity contribution in [3.05, 3.63) is 83.2 Å². The lowest BCUT2D eigenvalue weighted by atomic mass is 9.90. The van der Waals surface area contributed by atoms with Crippen molar-refractivity contribution >= 4 is 0 Å². The molecule has 2 aromatic carbocycles. The summed E-state index contributed by atoms with van der Waals surface area (Å²) in [6.45, 7) is 4.49. The van der Waals surface area contributed by atoms with Gasteiger partial charge in [-0.3, -0.25) is 5.73 Å². The Balaban J connectivity index is 1.75. The van der Waals surface area contributed by atoms with Crippen LogP contribution in [0.1, 0.15) is 87.5 Å². The minimum Gasteiger partial charge on any atom is -0.299 e. The van der Waals surface area contributed by atoms with Gasteiger partial charge in [0.2, 0.25) is 0 Å². The molecule has 31 heavy (non-hydrogen) atoms. The maximum atomic E-state index is 7.04. The number of aryl methyl sites for hydroxylation is 2. The van der Waals surface area contributed by atoms with Crippen LogP contribution in [-0.2, 0) is 18.5 Å². The van der Waals surface area contributed by atoms with E-state index in [1.165, 1.54) is 62.5 Å². The third kappa shape index (κ3) is 6.04. The van der Waals surface area contributed by atoms with Gasteiger partial charge in [-0.15, -0.1) is 5.10 Å². The highest BCUT2D eigenvalue weighted by atomic mass is 15.5. The Labute approximate surface area is 187 Å². The lowest BCUT2D eigenvalue weighted by Crippen LogP contribution is -2.45. The van der Waals surface area contributed by atoms with E-state index in [2.05, 4.69) is 72.7 Å². The van der Waals surface area contributed by atoms with Crippen LogP contribution < -0.4 is 5.73 Å². The van der Waals surface area contributed by atoms with E-state index in [1.807, 2.05) is 6.20 Å².